The minimum absolute atomic E-state index is 0.431. The predicted molar refractivity (Wildman–Crippen MR) is 69.7 cm³/mol. The molecule has 4 heteroatoms. The Morgan fingerprint density at radius 2 is 1.43 bits per heavy atom. The summed E-state index contributed by atoms with van der Waals surface area (Å²) in [6.45, 7) is 13.0. The molecule has 0 aromatic rings. The summed E-state index contributed by atoms with van der Waals surface area (Å²) in [6.07, 6.45) is 0.599. The maximum atomic E-state index is 11.9. The van der Waals surface area contributed by atoms with Crippen molar-refractivity contribution in [3.63, 3.8) is 0 Å². The van der Waals surface area contributed by atoms with Gasteiger partial charge >= 0.3 is 0 Å². The van der Waals surface area contributed by atoms with Gasteiger partial charge in [-0.05, 0) is 0 Å². The lowest BCUT2D eigenvalue weighted by Gasteiger charge is -2.21. The summed E-state index contributed by atoms with van der Waals surface area (Å²) in [6, 6.07) is 0. The van der Waals surface area contributed by atoms with E-state index in [9.17, 15) is 4.79 Å². The van der Waals surface area contributed by atoms with Crippen LogP contribution in [0.2, 0.25) is 39.3 Å². The van der Waals surface area contributed by atoms with E-state index >= 15 is 0 Å². The largest absolute Gasteiger partial charge is 0.305 e. The molecule has 0 saturated carbocycles. The second-order valence-electron chi connectivity index (χ2n) is 5.77. The number of rotatable bonds is 4. The fourth-order valence-corrected chi connectivity index (χ4v) is 3.33. The first kappa shape index (κ1) is 13.8. The lowest BCUT2D eigenvalue weighted by atomic mass is 10.5. The molecule has 2 nitrogen and oxygen atoms in total. The summed E-state index contributed by atoms with van der Waals surface area (Å²) < 4.78 is 0. The molecular weight excluding hydrogens is 206 g/mol. The van der Waals surface area contributed by atoms with Crippen molar-refractivity contribution in [2.45, 2.75) is 45.7 Å². The molecule has 0 aliphatic rings. The molecule has 0 radical (unpaired) electrons. The van der Waals surface area contributed by atoms with Gasteiger partial charge in [0.15, 0.2) is 0 Å². The van der Waals surface area contributed by atoms with Crippen molar-refractivity contribution in [3.05, 3.63) is 0 Å². The van der Waals surface area contributed by atoms with Gasteiger partial charge in [0.25, 0.3) is 0 Å². The predicted octanol–water partition coefficient (Wildman–Crippen LogP) is 2.77. The summed E-state index contributed by atoms with van der Waals surface area (Å²) in [5.74, 6) is 0. The zero-order valence-electron chi connectivity index (χ0n) is 10.6. The minimum atomic E-state index is -1.62. The number of carbonyl (C=O) groups is 1. The van der Waals surface area contributed by atoms with Crippen LogP contribution in [-0.4, -0.2) is 33.9 Å². The van der Waals surface area contributed by atoms with Gasteiger partial charge < -0.3 is 9.79 Å². The van der Waals surface area contributed by atoms with Crippen molar-refractivity contribution in [3.8, 4) is 0 Å². The van der Waals surface area contributed by atoms with Crippen LogP contribution in [0.15, 0.2) is 4.99 Å². The molecule has 0 aliphatic carbocycles. The monoisotopic (exact) mass is 229 g/mol. The van der Waals surface area contributed by atoms with E-state index in [1.807, 2.05) is 7.05 Å². The Bertz CT molecular complexity index is 246. The van der Waals surface area contributed by atoms with Gasteiger partial charge in [-0.15, -0.1) is 0 Å². The molecule has 14 heavy (non-hydrogen) atoms. The van der Waals surface area contributed by atoms with Crippen molar-refractivity contribution in [1.29, 1.82) is 0 Å². The smallest absolute Gasteiger partial charge is 0.124 e. The molecule has 82 valence electrons. The Labute approximate surface area is 89.8 Å². The first-order valence-corrected chi connectivity index (χ1v) is 12.1. The number of aliphatic imine (C=N–C) groups is 1. The average Bonchev–Trinajstić information content (AvgIpc) is 1.95. The fraction of sp³-hybridized carbons (Fsp3) is 0.800. The Morgan fingerprint density at radius 1 is 1.00 bits per heavy atom. The average molecular weight is 229 g/mol. The normalized spacial score (nSPS) is 14.4. The molecule has 0 rings (SSSR count). The standard InChI is InChI=1S/C10H23NOSi2/c1-11-9(13(2,3)4)8-10(12)14(5,6)7/h8H2,1-7H3. The topological polar surface area (TPSA) is 29.4 Å². The molecule has 0 bridgehead atoms. The van der Waals surface area contributed by atoms with Crippen LogP contribution in [0.4, 0.5) is 0 Å². The van der Waals surface area contributed by atoms with E-state index in [1.54, 1.807) is 0 Å². The van der Waals surface area contributed by atoms with E-state index in [1.165, 1.54) is 0 Å². The third kappa shape index (κ3) is 4.33. The van der Waals surface area contributed by atoms with Crippen molar-refractivity contribution in [2.75, 3.05) is 7.05 Å². The van der Waals surface area contributed by atoms with Crippen LogP contribution in [0.1, 0.15) is 6.42 Å². The van der Waals surface area contributed by atoms with Crippen LogP contribution < -0.4 is 0 Å². The van der Waals surface area contributed by atoms with E-state index in [0.29, 0.717) is 11.8 Å². The van der Waals surface area contributed by atoms with E-state index in [-0.39, 0.29) is 0 Å². The molecule has 0 heterocycles. The van der Waals surface area contributed by atoms with E-state index in [2.05, 4.69) is 44.3 Å². The highest BCUT2D eigenvalue weighted by Crippen LogP contribution is 2.12. The molecule has 0 unspecified atom stereocenters. The summed E-state index contributed by atoms with van der Waals surface area (Å²) >= 11 is 0. The van der Waals surface area contributed by atoms with Crippen LogP contribution >= 0.6 is 0 Å². The van der Waals surface area contributed by atoms with Crippen molar-refractivity contribution < 1.29 is 4.79 Å². The molecule has 0 fully saturated rings. The number of hydrogen-bond donors (Lipinski definition) is 0. The molecule has 0 spiro atoms. The molecule has 0 aliphatic heterocycles. The Hall–Kier alpha value is -0.226. The summed E-state index contributed by atoms with van der Waals surface area (Å²) in [5.41, 5.74) is 0. The van der Waals surface area contributed by atoms with Crippen LogP contribution in [0, 0.1) is 0 Å². The second kappa shape index (κ2) is 4.53. The summed E-state index contributed by atoms with van der Waals surface area (Å²) in [4.78, 5) is 16.2. The SMILES string of the molecule is CN=C(CC(=O)[Si](C)(C)C)[Si](C)(C)C. The van der Waals surface area contributed by atoms with Gasteiger partial charge in [0.05, 0.1) is 8.07 Å². The third-order valence-corrected chi connectivity index (χ3v) is 6.28. The molecule has 0 aromatic heterocycles. The van der Waals surface area contributed by atoms with E-state index in [0.717, 1.165) is 5.33 Å². The zero-order valence-corrected chi connectivity index (χ0v) is 12.6. The van der Waals surface area contributed by atoms with Gasteiger partial charge in [-0.1, -0.05) is 39.3 Å². The summed E-state index contributed by atoms with van der Waals surface area (Å²) in [5, 5.41) is 1.59. The summed E-state index contributed by atoms with van der Waals surface area (Å²) in [7, 11) is -1.18. The maximum Gasteiger partial charge on any atom is 0.124 e. The first-order chi connectivity index (χ1) is 6.09. The third-order valence-electron chi connectivity index (χ3n) is 2.30. The number of hydrogen-bond acceptors (Lipinski definition) is 2. The molecule has 0 amide bonds. The second-order valence-corrected chi connectivity index (χ2v) is 15.9. The van der Waals surface area contributed by atoms with Gasteiger partial charge in [0.1, 0.15) is 13.5 Å². The fourth-order valence-electron chi connectivity index (χ4n) is 1.10. The molecule has 0 aromatic carbocycles. The molecule has 0 saturated heterocycles. The number of nitrogens with zero attached hydrogens (tertiary/aromatic N) is 1. The molecule has 0 N–H and O–H groups in total. The van der Waals surface area contributed by atoms with Gasteiger partial charge in [0.2, 0.25) is 0 Å². The Morgan fingerprint density at radius 3 is 1.64 bits per heavy atom. The van der Waals surface area contributed by atoms with Gasteiger partial charge in [-0.3, -0.25) is 0 Å². The molecular formula is C10H23NOSi2. The maximum absolute atomic E-state index is 11.9. The van der Waals surface area contributed by atoms with Crippen molar-refractivity contribution >= 4 is 26.9 Å². The Balaban J connectivity index is 4.61. The van der Waals surface area contributed by atoms with Crippen LogP contribution in [0.3, 0.4) is 0 Å². The quantitative estimate of drug-likeness (QED) is 0.538. The minimum Gasteiger partial charge on any atom is -0.305 e. The highest BCUT2D eigenvalue weighted by molar-refractivity contribution is 7.09. The first-order valence-electron chi connectivity index (χ1n) is 5.08. The molecule has 0 atom stereocenters. The Kier molecular flexibility index (Phi) is 4.46. The van der Waals surface area contributed by atoms with Gasteiger partial charge in [-0.25, -0.2) is 0 Å². The lowest BCUT2D eigenvalue weighted by Crippen LogP contribution is -2.41. The number of carbonyl (C=O) groups excluding carboxylic acids is 1. The van der Waals surface area contributed by atoms with Crippen LogP contribution in [-0.2, 0) is 4.79 Å². The van der Waals surface area contributed by atoms with E-state index < -0.39 is 16.1 Å². The lowest BCUT2D eigenvalue weighted by molar-refractivity contribution is -0.111. The van der Waals surface area contributed by atoms with Gasteiger partial charge in [-0.2, -0.15) is 0 Å². The van der Waals surface area contributed by atoms with Crippen LogP contribution in [0.5, 0.6) is 0 Å². The van der Waals surface area contributed by atoms with E-state index in [4.69, 9.17) is 0 Å². The zero-order chi connectivity index (χ0) is 11.6. The van der Waals surface area contributed by atoms with Gasteiger partial charge in [0, 0.05) is 18.8 Å². The highest BCUT2D eigenvalue weighted by atomic mass is 28.3. The van der Waals surface area contributed by atoms with Crippen LogP contribution in [0.25, 0.3) is 0 Å². The van der Waals surface area contributed by atoms with Crippen molar-refractivity contribution in [2.24, 2.45) is 4.99 Å². The highest BCUT2D eigenvalue weighted by Gasteiger charge is 2.29. The van der Waals surface area contributed by atoms with Crippen molar-refractivity contribution in [1.82, 2.24) is 0 Å².